The van der Waals surface area contributed by atoms with Gasteiger partial charge >= 0.3 is 0 Å². The molecule has 0 saturated heterocycles. The van der Waals surface area contributed by atoms with Crippen molar-refractivity contribution in [2.75, 3.05) is 0 Å². The molecule has 3 rings (SSSR count). The summed E-state index contributed by atoms with van der Waals surface area (Å²) < 4.78 is 4.57. The van der Waals surface area contributed by atoms with Gasteiger partial charge in [-0.3, -0.25) is 0 Å². The van der Waals surface area contributed by atoms with Crippen LogP contribution in [0.3, 0.4) is 0 Å². The number of rotatable bonds is 3. The maximum Gasteiger partial charge on any atom is 0.0388 e. The van der Waals surface area contributed by atoms with Crippen molar-refractivity contribution in [2.24, 2.45) is 0 Å². The minimum absolute atomic E-state index is 0.328. The van der Waals surface area contributed by atoms with Crippen molar-refractivity contribution in [3.8, 4) is 0 Å². The Bertz CT molecular complexity index is 594. The molecule has 0 aromatic carbocycles. The van der Waals surface area contributed by atoms with E-state index in [9.17, 15) is 0 Å². The third kappa shape index (κ3) is 2.85. The van der Waals surface area contributed by atoms with Gasteiger partial charge in [0.15, 0.2) is 0 Å². The highest BCUT2D eigenvalue weighted by atomic mass is 32.1. The van der Waals surface area contributed by atoms with Crippen molar-refractivity contribution < 1.29 is 0 Å². The van der Waals surface area contributed by atoms with Gasteiger partial charge in [-0.2, -0.15) is 0 Å². The van der Waals surface area contributed by atoms with Crippen molar-refractivity contribution in [3.63, 3.8) is 0 Å². The second-order valence-corrected chi connectivity index (χ2v) is 11.4. The van der Waals surface area contributed by atoms with Crippen LogP contribution in [-0.4, -0.2) is 0 Å². The smallest absolute Gasteiger partial charge is 0.0388 e. The molecule has 3 heterocycles. The Morgan fingerprint density at radius 1 is 0.579 bits per heavy atom. The number of aryl methyl sites for hydroxylation is 3. The lowest BCUT2D eigenvalue weighted by Gasteiger charge is -2.12. The molecule has 0 fully saturated rings. The van der Waals surface area contributed by atoms with Crippen molar-refractivity contribution in [2.45, 2.75) is 20.8 Å². The maximum absolute atomic E-state index is 2.32. The second kappa shape index (κ2) is 5.49. The van der Waals surface area contributed by atoms with Crippen molar-refractivity contribution in [3.05, 3.63) is 51.0 Å². The normalized spacial score (nSPS) is 11.4. The van der Waals surface area contributed by atoms with Crippen LogP contribution in [0.15, 0.2) is 36.4 Å². The van der Waals surface area contributed by atoms with Gasteiger partial charge < -0.3 is 0 Å². The molecule has 0 unspecified atom stereocenters. The van der Waals surface area contributed by atoms with Crippen LogP contribution in [0.5, 0.6) is 0 Å². The molecule has 0 amide bonds. The maximum atomic E-state index is 2.32. The van der Waals surface area contributed by atoms with Gasteiger partial charge in [0.2, 0.25) is 0 Å². The lowest BCUT2D eigenvalue weighted by Crippen LogP contribution is -2.13. The molecular formula is C15H15PS3. The average Bonchev–Trinajstić information content (AvgIpc) is 3.05. The van der Waals surface area contributed by atoms with Crippen LogP contribution in [0.25, 0.3) is 0 Å². The second-order valence-electron chi connectivity index (χ2n) is 4.49. The molecular weight excluding hydrogens is 307 g/mol. The topological polar surface area (TPSA) is 0 Å². The van der Waals surface area contributed by atoms with Gasteiger partial charge in [0.1, 0.15) is 0 Å². The molecule has 0 bridgehead atoms. The number of hydrogen-bond acceptors (Lipinski definition) is 3. The van der Waals surface area contributed by atoms with E-state index in [2.05, 4.69) is 57.2 Å². The minimum Gasteiger partial charge on any atom is -0.140 e. The minimum atomic E-state index is -0.328. The first-order valence-corrected chi connectivity index (χ1v) is 9.92. The molecule has 0 N–H and O–H groups in total. The summed E-state index contributed by atoms with van der Waals surface area (Å²) in [7, 11) is -0.328. The summed E-state index contributed by atoms with van der Waals surface area (Å²) in [6, 6.07) is 13.7. The van der Waals surface area contributed by atoms with E-state index in [0.717, 1.165) is 0 Å². The van der Waals surface area contributed by atoms with Crippen LogP contribution in [0.2, 0.25) is 0 Å². The van der Waals surface area contributed by atoms with Crippen LogP contribution in [0, 0.1) is 20.8 Å². The summed E-state index contributed by atoms with van der Waals surface area (Å²) in [5.41, 5.74) is 0. The fraction of sp³-hybridized carbons (Fsp3) is 0.200. The zero-order chi connectivity index (χ0) is 13.4. The molecule has 4 heteroatoms. The van der Waals surface area contributed by atoms with E-state index >= 15 is 0 Å². The highest BCUT2D eigenvalue weighted by Crippen LogP contribution is 2.39. The molecule has 0 saturated carbocycles. The first-order chi connectivity index (χ1) is 9.13. The first-order valence-electron chi connectivity index (χ1n) is 6.13. The van der Waals surface area contributed by atoms with Gasteiger partial charge in [-0.1, -0.05) is 0 Å². The van der Waals surface area contributed by atoms with E-state index in [1.54, 1.807) is 0 Å². The predicted octanol–water partition coefficient (Wildman–Crippen LogP) is 4.55. The standard InChI is InChI=1S/C15H15PS3/c1-10-4-7-13(17-10)16(14-8-5-11(2)18-14)15-9-6-12(3)19-15/h4-9H,1-3H3. The van der Waals surface area contributed by atoms with E-state index in [0.29, 0.717) is 0 Å². The highest BCUT2D eigenvalue weighted by molar-refractivity contribution is 7.90. The number of hydrogen-bond donors (Lipinski definition) is 0. The molecule has 0 atom stereocenters. The molecule has 0 aliphatic carbocycles. The fourth-order valence-electron chi connectivity index (χ4n) is 1.95. The Morgan fingerprint density at radius 2 is 0.895 bits per heavy atom. The Balaban J connectivity index is 2.10. The Labute approximate surface area is 127 Å². The van der Waals surface area contributed by atoms with Crippen molar-refractivity contribution in [1.82, 2.24) is 0 Å². The highest BCUT2D eigenvalue weighted by Gasteiger charge is 2.21. The Hall–Kier alpha value is -0.470. The first kappa shape index (κ1) is 13.5. The molecule has 3 aromatic heterocycles. The van der Waals surface area contributed by atoms with E-state index in [4.69, 9.17) is 0 Å². The fourth-order valence-corrected chi connectivity index (χ4v) is 9.76. The van der Waals surface area contributed by atoms with Crippen LogP contribution in [0.4, 0.5) is 0 Å². The molecule has 0 radical (unpaired) electrons. The molecule has 0 spiro atoms. The quantitative estimate of drug-likeness (QED) is 0.620. The van der Waals surface area contributed by atoms with Crippen molar-refractivity contribution in [1.29, 1.82) is 0 Å². The summed E-state index contributed by atoms with van der Waals surface area (Å²) in [4.78, 5) is 4.22. The van der Waals surface area contributed by atoms with Gasteiger partial charge in [-0.05, 0) is 57.2 Å². The van der Waals surface area contributed by atoms with Gasteiger partial charge in [-0.15, -0.1) is 34.0 Å². The van der Waals surface area contributed by atoms with Gasteiger partial charge in [0.05, 0.1) is 0 Å². The zero-order valence-electron chi connectivity index (χ0n) is 11.1. The van der Waals surface area contributed by atoms with E-state index in [1.807, 2.05) is 34.0 Å². The lowest BCUT2D eigenvalue weighted by molar-refractivity contribution is 1.64. The van der Waals surface area contributed by atoms with Crippen molar-refractivity contribution >= 4 is 55.8 Å². The summed E-state index contributed by atoms with van der Waals surface area (Å²) in [6.45, 7) is 6.59. The lowest BCUT2D eigenvalue weighted by atomic mass is 10.5. The number of thiophene rings is 3. The van der Waals surface area contributed by atoms with Crippen LogP contribution in [0.1, 0.15) is 14.6 Å². The summed E-state index contributed by atoms with van der Waals surface area (Å²) >= 11 is 5.84. The molecule has 0 nitrogen and oxygen atoms in total. The van der Waals surface area contributed by atoms with E-state index in [1.165, 1.54) is 28.5 Å². The van der Waals surface area contributed by atoms with Gasteiger partial charge in [-0.25, -0.2) is 0 Å². The molecule has 0 aliphatic rings. The average molecular weight is 322 g/mol. The summed E-state index contributed by atoms with van der Waals surface area (Å²) in [5.74, 6) is 0. The molecule has 98 valence electrons. The molecule has 3 aromatic rings. The zero-order valence-corrected chi connectivity index (χ0v) is 14.5. The Kier molecular flexibility index (Phi) is 3.91. The summed E-state index contributed by atoms with van der Waals surface area (Å²) in [6.07, 6.45) is 0. The van der Waals surface area contributed by atoms with Crippen LogP contribution < -0.4 is 13.9 Å². The summed E-state index contributed by atoms with van der Waals surface area (Å²) in [5, 5.41) is 0. The largest absolute Gasteiger partial charge is 0.140 e. The SMILES string of the molecule is Cc1ccc(P(c2ccc(C)s2)c2ccc(C)s2)s1. The third-order valence-corrected chi connectivity index (χ3v) is 9.48. The van der Waals surface area contributed by atoms with E-state index in [-0.39, 0.29) is 7.92 Å². The van der Waals surface area contributed by atoms with Gasteiger partial charge in [0.25, 0.3) is 0 Å². The van der Waals surface area contributed by atoms with Crippen LogP contribution in [-0.2, 0) is 0 Å². The molecule has 19 heavy (non-hydrogen) atoms. The van der Waals surface area contributed by atoms with Gasteiger partial charge in [0, 0.05) is 36.4 Å². The monoisotopic (exact) mass is 322 g/mol. The van der Waals surface area contributed by atoms with Crippen LogP contribution >= 0.6 is 41.9 Å². The van der Waals surface area contributed by atoms with E-state index < -0.39 is 0 Å². The Morgan fingerprint density at radius 3 is 1.11 bits per heavy atom. The predicted molar refractivity (Wildman–Crippen MR) is 93.0 cm³/mol. The molecule has 0 aliphatic heterocycles. The third-order valence-electron chi connectivity index (χ3n) is 2.84.